The second kappa shape index (κ2) is 7.70. The van der Waals surface area contributed by atoms with E-state index in [2.05, 4.69) is 15.4 Å². The Morgan fingerprint density at radius 3 is 2.71 bits per heavy atom. The van der Waals surface area contributed by atoms with E-state index in [4.69, 9.17) is 0 Å². The van der Waals surface area contributed by atoms with Crippen LogP contribution in [0.4, 0.5) is 17.6 Å². The molecule has 1 atom stereocenters. The molecule has 0 saturated heterocycles. The van der Waals surface area contributed by atoms with Crippen molar-refractivity contribution >= 4 is 28.3 Å². The smallest absolute Gasteiger partial charge is 0.350 e. The third-order valence-corrected chi connectivity index (χ3v) is 4.96. The van der Waals surface area contributed by atoms with Gasteiger partial charge in [-0.2, -0.15) is 13.2 Å². The van der Waals surface area contributed by atoms with Crippen LogP contribution in [0.25, 0.3) is 22.3 Å². The van der Waals surface area contributed by atoms with Gasteiger partial charge in [0, 0.05) is 17.7 Å². The highest BCUT2D eigenvalue weighted by Crippen LogP contribution is 2.35. The number of fused-ring (bicyclic) bond motifs is 1. The van der Waals surface area contributed by atoms with Crippen LogP contribution in [0.3, 0.4) is 0 Å². The van der Waals surface area contributed by atoms with E-state index in [1.807, 2.05) is 13.8 Å². The number of alkyl halides is 3. The molecular weight excluding hydrogens is 396 g/mol. The molecule has 1 amide bonds. The summed E-state index contributed by atoms with van der Waals surface area (Å²) in [7, 11) is 0. The Morgan fingerprint density at radius 1 is 1.36 bits per heavy atom. The Bertz CT molecular complexity index is 1040. The van der Waals surface area contributed by atoms with Crippen molar-refractivity contribution in [1.29, 1.82) is 0 Å². The molecule has 10 heteroatoms. The molecule has 1 N–H and O–H groups in total. The lowest BCUT2D eigenvalue weighted by atomic mass is 10.1. The minimum Gasteiger partial charge on any atom is -0.350 e. The molecule has 0 aliphatic carbocycles. The van der Waals surface area contributed by atoms with E-state index in [-0.39, 0.29) is 28.0 Å². The molecule has 2 heterocycles. The summed E-state index contributed by atoms with van der Waals surface area (Å²) in [5.74, 6) is -1.00. The standard InChI is InChI=1S/C18H16F4N4OS/c1-3-10(2)23-14(27)9-8-13-15(11-6-4-5-7-12(11)19)24-17-26(13)25-16(28-17)18(20,21)22/h4-10H,3H2,1-2H3,(H,23,27). The number of rotatable bonds is 5. The molecule has 1 aromatic carbocycles. The summed E-state index contributed by atoms with van der Waals surface area (Å²) in [5.41, 5.74) is 0.306. The van der Waals surface area contributed by atoms with E-state index in [1.165, 1.54) is 30.4 Å². The van der Waals surface area contributed by atoms with E-state index in [0.29, 0.717) is 11.3 Å². The molecule has 0 aliphatic heterocycles. The Hall–Kier alpha value is -2.75. The Balaban J connectivity index is 2.10. The van der Waals surface area contributed by atoms with Crippen LogP contribution in [0.2, 0.25) is 0 Å². The fraction of sp³-hybridized carbons (Fsp3) is 0.278. The first kappa shape index (κ1) is 20.0. The number of hydrogen-bond acceptors (Lipinski definition) is 4. The molecular formula is C18H16F4N4OS. The summed E-state index contributed by atoms with van der Waals surface area (Å²) >= 11 is 0.347. The van der Waals surface area contributed by atoms with Crippen LogP contribution in [0.1, 0.15) is 31.0 Å². The normalized spacial score (nSPS) is 13.4. The summed E-state index contributed by atoms with van der Waals surface area (Å²) in [5, 5.41) is 5.19. The molecule has 1 unspecified atom stereocenters. The number of amides is 1. The minimum absolute atomic E-state index is 0.0486. The number of nitrogens with one attached hydrogen (secondary N) is 1. The first-order valence-electron chi connectivity index (χ1n) is 8.41. The number of hydrogen-bond donors (Lipinski definition) is 1. The van der Waals surface area contributed by atoms with Crippen molar-refractivity contribution < 1.29 is 22.4 Å². The summed E-state index contributed by atoms with van der Waals surface area (Å²) in [4.78, 5) is 16.1. The van der Waals surface area contributed by atoms with Gasteiger partial charge in [-0.15, -0.1) is 5.10 Å². The fourth-order valence-electron chi connectivity index (χ4n) is 2.43. The topological polar surface area (TPSA) is 59.3 Å². The SMILES string of the molecule is CCC(C)NC(=O)C=Cc1c(-c2ccccc2F)nc2sc(C(F)(F)F)nn12. The van der Waals surface area contributed by atoms with Crippen LogP contribution >= 0.6 is 11.3 Å². The number of imidazole rings is 1. The Morgan fingerprint density at radius 2 is 2.07 bits per heavy atom. The third-order valence-electron chi connectivity index (χ3n) is 4.00. The molecule has 3 rings (SSSR count). The summed E-state index contributed by atoms with van der Waals surface area (Å²) in [6.45, 7) is 3.73. The first-order chi connectivity index (χ1) is 13.2. The predicted octanol–water partition coefficient (Wildman–Crippen LogP) is 4.54. The summed E-state index contributed by atoms with van der Waals surface area (Å²) in [6.07, 6.45) is -1.44. The largest absolute Gasteiger partial charge is 0.445 e. The average Bonchev–Trinajstić information content (AvgIpc) is 3.18. The van der Waals surface area contributed by atoms with E-state index < -0.39 is 22.9 Å². The van der Waals surface area contributed by atoms with Gasteiger partial charge in [0.25, 0.3) is 0 Å². The molecule has 0 saturated carbocycles. The zero-order valence-corrected chi connectivity index (χ0v) is 15.7. The monoisotopic (exact) mass is 412 g/mol. The highest BCUT2D eigenvalue weighted by Gasteiger charge is 2.36. The quantitative estimate of drug-likeness (QED) is 0.494. The minimum atomic E-state index is -4.63. The Kier molecular flexibility index (Phi) is 5.50. The molecule has 2 aromatic heterocycles. The number of benzene rings is 1. The number of nitrogens with zero attached hydrogens (tertiary/aromatic N) is 3. The molecule has 0 radical (unpaired) electrons. The van der Waals surface area contributed by atoms with Gasteiger partial charge < -0.3 is 5.32 Å². The van der Waals surface area contributed by atoms with E-state index in [0.717, 1.165) is 10.9 Å². The molecule has 148 valence electrons. The average molecular weight is 412 g/mol. The van der Waals surface area contributed by atoms with Gasteiger partial charge in [-0.3, -0.25) is 4.79 Å². The second-order valence-corrected chi connectivity index (χ2v) is 7.03. The van der Waals surface area contributed by atoms with Crippen molar-refractivity contribution in [3.8, 4) is 11.3 Å². The molecule has 0 spiro atoms. The lowest BCUT2D eigenvalue weighted by Crippen LogP contribution is -2.30. The maximum atomic E-state index is 14.2. The predicted molar refractivity (Wildman–Crippen MR) is 98.2 cm³/mol. The van der Waals surface area contributed by atoms with Gasteiger partial charge >= 0.3 is 6.18 Å². The summed E-state index contributed by atoms with van der Waals surface area (Å²) in [6, 6.07) is 5.70. The molecule has 0 bridgehead atoms. The van der Waals surface area contributed by atoms with Crippen LogP contribution in [-0.4, -0.2) is 26.5 Å². The van der Waals surface area contributed by atoms with Gasteiger partial charge in [0.1, 0.15) is 11.5 Å². The van der Waals surface area contributed by atoms with Gasteiger partial charge in [-0.1, -0.05) is 30.4 Å². The van der Waals surface area contributed by atoms with Gasteiger partial charge in [-0.25, -0.2) is 13.9 Å². The van der Waals surface area contributed by atoms with Gasteiger partial charge in [0.05, 0.1) is 5.69 Å². The lowest BCUT2D eigenvalue weighted by molar-refractivity contribution is -0.138. The first-order valence-corrected chi connectivity index (χ1v) is 9.22. The molecule has 3 aromatic rings. The van der Waals surface area contributed by atoms with Crippen molar-refractivity contribution in [2.24, 2.45) is 0 Å². The fourth-order valence-corrected chi connectivity index (χ4v) is 3.20. The highest BCUT2D eigenvalue weighted by molar-refractivity contribution is 7.16. The molecule has 0 fully saturated rings. The van der Waals surface area contributed by atoms with Crippen LogP contribution in [0.5, 0.6) is 0 Å². The van der Waals surface area contributed by atoms with Crippen molar-refractivity contribution in [3.63, 3.8) is 0 Å². The van der Waals surface area contributed by atoms with E-state index in [9.17, 15) is 22.4 Å². The maximum Gasteiger partial charge on any atom is 0.445 e. The van der Waals surface area contributed by atoms with E-state index in [1.54, 1.807) is 6.07 Å². The second-order valence-electron chi connectivity index (χ2n) is 6.08. The van der Waals surface area contributed by atoms with Crippen molar-refractivity contribution in [3.05, 3.63) is 46.9 Å². The Labute approximate surface area is 161 Å². The zero-order chi connectivity index (χ0) is 20.5. The van der Waals surface area contributed by atoms with Crippen molar-refractivity contribution in [2.45, 2.75) is 32.5 Å². The highest BCUT2D eigenvalue weighted by atomic mass is 32.1. The van der Waals surface area contributed by atoms with Crippen molar-refractivity contribution in [1.82, 2.24) is 19.9 Å². The van der Waals surface area contributed by atoms with Gasteiger partial charge in [0.15, 0.2) is 0 Å². The van der Waals surface area contributed by atoms with Crippen molar-refractivity contribution in [2.75, 3.05) is 0 Å². The van der Waals surface area contributed by atoms with Crippen LogP contribution in [0, 0.1) is 5.82 Å². The molecule has 5 nitrogen and oxygen atoms in total. The maximum absolute atomic E-state index is 14.2. The number of carbonyl (C=O) groups is 1. The molecule has 28 heavy (non-hydrogen) atoms. The van der Waals surface area contributed by atoms with Crippen LogP contribution in [0.15, 0.2) is 30.3 Å². The van der Waals surface area contributed by atoms with Crippen LogP contribution < -0.4 is 5.32 Å². The lowest BCUT2D eigenvalue weighted by Gasteiger charge is -2.08. The number of carbonyl (C=O) groups excluding carboxylic acids is 1. The summed E-state index contributed by atoms with van der Waals surface area (Å²) < 4.78 is 54.2. The van der Waals surface area contributed by atoms with E-state index >= 15 is 0 Å². The van der Waals surface area contributed by atoms with Gasteiger partial charge in [-0.05, 0) is 31.6 Å². The van der Waals surface area contributed by atoms with Gasteiger partial charge in [0.2, 0.25) is 15.9 Å². The van der Waals surface area contributed by atoms with Crippen LogP contribution in [-0.2, 0) is 11.0 Å². The number of aromatic nitrogens is 3. The zero-order valence-electron chi connectivity index (χ0n) is 14.9. The number of halogens is 4. The molecule has 0 aliphatic rings. The third kappa shape index (κ3) is 4.06.